The van der Waals surface area contributed by atoms with E-state index in [1.807, 2.05) is 0 Å². The number of rotatable bonds is 2. The van der Waals surface area contributed by atoms with Crippen LogP contribution in [0.25, 0.3) is 0 Å². The molecule has 2 nitrogen and oxygen atoms in total. The molecule has 10 heavy (non-hydrogen) atoms. The highest BCUT2D eigenvalue weighted by Gasteiger charge is 2.14. The molecule has 0 bridgehead atoms. The van der Waals surface area contributed by atoms with Crippen molar-refractivity contribution in [1.29, 1.82) is 0 Å². The van der Waals surface area contributed by atoms with Crippen LogP contribution in [0.1, 0.15) is 12.8 Å². The Morgan fingerprint density at radius 2 is 2.10 bits per heavy atom. The molecule has 1 N–H and O–H groups in total. The van der Waals surface area contributed by atoms with Crippen molar-refractivity contribution < 1.29 is 0 Å². The van der Waals surface area contributed by atoms with E-state index in [4.69, 9.17) is 12.2 Å². The lowest BCUT2D eigenvalue weighted by molar-refractivity contribution is 0.248. The Morgan fingerprint density at radius 1 is 1.50 bits per heavy atom. The maximum atomic E-state index is 4.71. The molecule has 1 rings (SSSR count). The minimum atomic E-state index is 0.633. The van der Waals surface area contributed by atoms with Crippen molar-refractivity contribution in [3.05, 3.63) is 0 Å². The van der Waals surface area contributed by atoms with Gasteiger partial charge in [-0.1, -0.05) is 12.2 Å². The first-order valence-corrected chi connectivity index (χ1v) is 4.18. The molecule has 0 atom stereocenters. The van der Waals surface area contributed by atoms with Crippen LogP contribution in [0.2, 0.25) is 0 Å². The number of thiocarbonyl (C=S) groups is 1. The first-order chi connectivity index (χ1) is 4.83. The molecule has 0 aliphatic carbocycles. The molecule has 58 valence electrons. The topological polar surface area (TPSA) is 15.3 Å². The van der Waals surface area contributed by atoms with Gasteiger partial charge in [-0.2, -0.15) is 0 Å². The lowest BCUT2D eigenvalue weighted by Crippen LogP contribution is -2.39. The van der Waals surface area contributed by atoms with E-state index < -0.39 is 0 Å². The van der Waals surface area contributed by atoms with Crippen molar-refractivity contribution in [3.63, 3.8) is 0 Å². The molecular formula is C7H14N2S. The number of hydrogen-bond acceptors (Lipinski definition) is 2. The smallest absolute Gasteiger partial charge is 0.0617 e. The number of hydrogen-bond donors (Lipinski definition) is 1. The summed E-state index contributed by atoms with van der Waals surface area (Å²) in [5.74, 6) is 0. The van der Waals surface area contributed by atoms with Crippen LogP contribution in [0.4, 0.5) is 0 Å². The van der Waals surface area contributed by atoms with Gasteiger partial charge in [-0.25, -0.2) is 0 Å². The predicted molar refractivity (Wildman–Crippen MR) is 47.3 cm³/mol. The van der Waals surface area contributed by atoms with E-state index in [0.29, 0.717) is 6.04 Å². The molecule has 1 aliphatic heterocycles. The minimum absolute atomic E-state index is 0.633. The first-order valence-electron chi connectivity index (χ1n) is 3.71. The molecule has 1 fully saturated rings. The highest BCUT2D eigenvalue weighted by molar-refractivity contribution is 7.78. The van der Waals surface area contributed by atoms with Gasteiger partial charge >= 0.3 is 0 Å². The van der Waals surface area contributed by atoms with Crippen LogP contribution in [0.5, 0.6) is 0 Å². The fourth-order valence-corrected chi connectivity index (χ4v) is 1.46. The van der Waals surface area contributed by atoms with Gasteiger partial charge in [-0.3, -0.25) is 0 Å². The van der Waals surface area contributed by atoms with Crippen molar-refractivity contribution in [1.82, 2.24) is 10.2 Å². The van der Waals surface area contributed by atoms with Crippen molar-refractivity contribution in [2.45, 2.75) is 18.9 Å². The molecule has 0 saturated carbocycles. The lowest BCUT2D eigenvalue weighted by Gasteiger charge is -2.28. The van der Waals surface area contributed by atoms with Crippen LogP contribution in [0.3, 0.4) is 0 Å². The number of nitrogens with one attached hydrogen (secondary N) is 1. The fraction of sp³-hybridized carbons (Fsp3) is 0.857. The monoisotopic (exact) mass is 158 g/mol. The standard InChI is InChI=1S/C7H14N2S/c1-9-4-2-7(3-5-9)8-6-10/h6-7H,2-5H2,1H3,(H,8,10). The lowest BCUT2D eigenvalue weighted by atomic mass is 10.1. The van der Waals surface area contributed by atoms with Crippen LogP contribution in [-0.4, -0.2) is 36.6 Å². The second-order valence-corrected chi connectivity index (χ2v) is 3.10. The van der Waals surface area contributed by atoms with Gasteiger partial charge in [-0.15, -0.1) is 0 Å². The summed E-state index contributed by atoms with van der Waals surface area (Å²) in [7, 11) is 2.16. The number of piperidine rings is 1. The number of nitrogens with zero attached hydrogens (tertiary/aromatic N) is 1. The zero-order chi connectivity index (χ0) is 7.40. The van der Waals surface area contributed by atoms with Gasteiger partial charge in [0, 0.05) is 6.04 Å². The van der Waals surface area contributed by atoms with E-state index in [1.165, 1.54) is 25.9 Å². The van der Waals surface area contributed by atoms with E-state index >= 15 is 0 Å². The van der Waals surface area contributed by atoms with Crippen LogP contribution >= 0.6 is 12.2 Å². The SMILES string of the molecule is CN1CCC(NC=S)CC1. The molecule has 3 heteroatoms. The summed E-state index contributed by atoms with van der Waals surface area (Å²) in [5.41, 5.74) is 1.63. The first kappa shape index (κ1) is 7.95. The van der Waals surface area contributed by atoms with Gasteiger partial charge in [0.2, 0.25) is 0 Å². The normalized spacial score (nSPS) is 22.5. The third-order valence-electron chi connectivity index (χ3n) is 2.02. The Bertz CT molecular complexity index is 108. The molecule has 0 aromatic heterocycles. The van der Waals surface area contributed by atoms with Crippen molar-refractivity contribution >= 4 is 17.7 Å². The molecule has 0 amide bonds. The molecule has 0 spiro atoms. The Balaban J connectivity index is 2.19. The third-order valence-corrected chi connectivity index (χ3v) is 2.16. The predicted octanol–water partition coefficient (Wildman–Crippen LogP) is 0.627. The summed E-state index contributed by atoms with van der Waals surface area (Å²) < 4.78 is 0. The average Bonchev–Trinajstić information content (AvgIpc) is 1.95. The second kappa shape index (κ2) is 3.88. The Hall–Kier alpha value is -0.150. The molecule has 1 saturated heterocycles. The highest BCUT2D eigenvalue weighted by atomic mass is 32.1. The van der Waals surface area contributed by atoms with Gasteiger partial charge < -0.3 is 10.2 Å². The van der Waals surface area contributed by atoms with Crippen LogP contribution in [0.15, 0.2) is 0 Å². The van der Waals surface area contributed by atoms with Crippen molar-refractivity contribution in [3.8, 4) is 0 Å². The summed E-state index contributed by atoms with van der Waals surface area (Å²) in [5, 5.41) is 3.17. The Kier molecular flexibility index (Phi) is 3.09. The van der Waals surface area contributed by atoms with Crippen LogP contribution in [-0.2, 0) is 0 Å². The molecule has 0 radical (unpaired) electrons. The maximum absolute atomic E-state index is 4.71. The fourth-order valence-electron chi connectivity index (χ4n) is 1.27. The largest absolute Gasteiger partial charge is 0.379 e. The van der Waals surface area contributed by atoms with Gasteiger partial charge in [0.1, 0.15) is 0 Å². The number of likely N-dealkylation sites (tertiary alicyclic amines) is 1. The third kappa shape index (κ3) is 2.23. The zero-order valence-electron chi connectivity index (χ0n) is 6.34. The quantitative estimate of drug-likeness (QED) is 0.593. The molecule has 1 aliphatic rings. The highest BCUT2D eigenvalue weighted by Crippen LogP contribution is 2.06. The molecule has 0 aromatic rings. The Labute approximate surface area is 67.6 Å². The van der Waals surface area contributed by atoms with Gasteiger partial charge in [0.05, 0.1) is 5.49 Å². The summed E-state index contributed by atoms with van der Waals surface area (Å²) in [6.07, 6.45) is 2.45. The zero-order valence-corrected chi connectivity index (χ0v) is 7.16. The average molecular weight is 158 g/mol. The minimum Gasteiger partial charge on any atom is -0.379 e. The van der Waals surface area contributed by atoms with E-state index in [9.17, 15) is 0 Å². The van der Waals surface area contributed by atoms with Crippen LogP contribution in [0, 0.1) is 0 Å². The van der Waals surface area contributed by atoms with E-state index in [1.54, 1.807) is 5.49 Å². The van der Waals surface area contributed by atoms with Gasteiger partial charge in [0.15, 0.2) is 0 Å². The summed E-state index contributed by atoms with van der Waals surface area (Å²) in [6, 6.07) is 0.633. The summed E-state index contributed by atoms with van der Waals surface area (Å²) in [6.45, 7) is 2.39. The summed E-state index contributed by atoms with van der Waals surface area (Å²) in [4.78, 5) is 2.35. The van der Waals surface area contributed by atoms with E-state index in [2.05, 4.69) is 17.3 Å². The van der Waals surface area contributed by atoms with E-state index in [-0.39, 0.29) is 0 Å². The van der Waals surface area contributed by atoms with Crippen LogP contribution < -0.4 is 5.32 Å². The summed E-state index contributed by atoms with van der Waals surface area (Å²) >= 11 is 4.71. The van der Waals surface area contributed by atoms with Crippen molar-refractivity contribution in [2.75, 3.05) is 20.1 Å². The Morgan fingerprint density at radius 3 is 2.60 bits per heavy atom. The van der Waals surface area contributed by atoms with Crippen molar-refractivity contribution in [2.24, 2.45) is 0 Å². The van der Waals surface area contributed by atoms with E-state index in [0.717, 1.165) is 0 Å². The maximum Gasteiger partial charge on any atom is 0.0617 e. The molecule has 0 aromatic carbocycles. The molecule has 0 unspecified atom stereocenters. The van der Waals surface area contributed by atoms with Gasteiger partial charge in [-0.05, 0) is 33.0 Å². The molecular weight excluding hydrogens is 144 g/mol. The van der Waals surface area contributed by atoms with Gasteiger partial charge in [0.25, 0.3) is 0 Å². The second-order valence-electron chi connectivity index (χ2n) is 2.86. The molecule has 1 heterocycles.